The average Bonchev–Trinajstić information content (AvgIpc) is 2.20. The minimum absolute atomic E-state index is 0.199. The smallest absolute Gasteiger partial charge is 0.140 e. The first-order valence-electron chi connectivity index (χ1n) is 5.00. The van der Waals surface area contributed by atoms with E-state index in [4.69, 9.17) is 4.84 Å². The summed E-state index contributed by atoms with van der Waals surface area (Å²) in [6.07, 6.45) is 0.952. The normalized spacial score (nSPS) is 10.6. The van der Waals surface area contributed by atoms with Crippen molar-refractivity contribution in [2.45, 2.75) is 6.42 Å². The molecule has 0 aliphatic rings. The Morgan fingerprint density at radius 2 is 2.07 bits per heavy atom. The van der Waals surface area contributed by atoms with Crippen molar-refractivity contribution in [2.24, 2.45) is 0 Å². The minimum atomic E-state index is 0.199. The zero-order valence-electron chi connectivity index (χ0n) is 9.23. The molecule has 0 atom stereocenters. The number of hydrogen-bond donors (Lipinski definition) is 2. The quantitative estimate of drug-likeness (QED) is 0.426. The molecule has 1 aromatic rings. The van der Waals surface area contributed by atoms with Gasteiger partial charge in [-0.25, -0.2) is 0 Å². The molecule has 0 aliphatic heterocycles. The molecule has 1 aromatic carbocycles. The predicted octanol–water partition coefficient (Wildman–Crippen LogP) is 1.69. The van der Waals surface area contributed by atoms with Crippen LogP contribution in [0, 0.1) is 0 Å². The molecule has 4 nitrogen and oxygen atoms in total. The molecular weight excluding hydrogens is 192 g/mol. The standard InChI is InChI=1S/C11H18N2O2/c1-13(2)8-5-9-15-12-10-6-3-4-7-11(10)14/h3-4,6-7,12,14H,5,8-9H2,1-2H3. The van der Waals surface area contributed by atoms with Crippen LogP contribution in [0.5, 0.6) is 5.75 Å². The van der Waals surface area contributed by atoms with Crippen LogP contribution in [0.1, 0.15) is 6.42 Å². The summed E-state index contributed by atoms with van der Waals surface area (Å²) in [6.45, 7) is 1.61. The van der Waals surface area contributed by atoms with Gasteiger partial charge in [0.25, 0.3) is 0 Å². The third-order valence-corrected chi connectivity index (χ3v) is 1.94. The highest BCUT2D eigenvalue weighted by atomic mass is 16.6. The van der Waals surface area contributed by atoms with E-state index in [2.05, 4.69) is 10.4 Å². The monoisotopic (exact) mass is 210 g/mol. The lowest BCUT2D eigenvalue weighted by molar-refractivity contribution is 0.179. The van der Waals surface area contributed by atoms with Gasteiger partial charge in [-0.05, 0) is 39.2 Å². The highest BCUT2D eigenvalue weighted by Crippen LogP contribution is 2.21. The van der Waals surface area contributed by atoms with Gasteiger partial charge in [-0.1, -0.05) is 12.1 Å². The molecule has 0 amide bonds. The molecule has 0 spiro atoms. The number of benzene rings is 1. The Morgan fingerprint density at radius 1 is 1.33 bits per heavy atom. The summed E-state index contributed by atoms with van der Waals surface area (Å²) in [4.78, 5) is 7.31. The highest BCUT2D eigenvalue weighted by Gasteiger charge is 1.97. The van der Waals surface area contributed by atoms with Gasteiger partial charge < -0.3 is 10.0 Å². The van der Waals surface area contributed by atoms with Gasteiger partial charge in [-0.2, -0.15) is 0 Å². The lowest BCUT2D eigenvalue weighted by Crippen LogP contribution is -2.15. The van der Waals surface area contributed by atoms with Gasteiger partial charge in [0.05, 0.1) is 6.61 Å². The van der Waals surface area contributed by atoms with Crippen molar-refractivity contribution in [2.75, 3.05) is 32.7 Å². The van der Waals surface area contributed by atoms with Crippen molar-refractivity contribution in [1.29, 1.82) is 0 Å². The van der Waals surface area contributed by atoms with E-state index in [1.807, 2.05) is 20.2 Å². The topological polar surface area (TPSA) is 44.7 Å². The van der Waals surface area contributed by atoms with E-state index in [9.17, 15) is 5.11 Å². The van der Waals surface area contributed by atoms with Gasteiger partial charge in [0.2, 0.25) is 0 Å². The zero-order chi connectivity index (χ0) is 11.1. The molecular formula is C11H18N2O2. The SMILES string of the molecule is CN(C)CCCONc1ccccc1O. The van der Waals surface area contributed by atoms with Crippen molar-refractivity contribution in [3.05, 3.63) is 24.3 Å². The number of hydrogen-bond acceptors (Lipinski definition) is 4. The number of anilines is 1. The van der Waals surface area contributed by atoms with Gasteiger partial charge in [-0.3, -0.25) is 10.3 Å². The fourth-order valence-electron chi connectivity index (χ4n) is 1.14. The molecule has 1 rings (SSSR count). The first kappa shape index (κ1) is 11.8. The Bertz CT molecular complexity index is 290. The predicted molar refractivity (Wildman–Crippen MR) is 60.9 cm³/mol. The Labute approximate surface area is 90.4 Å². The number of phenolic OH excluding ortho intramolecular Hbond substituents is 1. The van der Waals surface area contributed by atoms with Gasteiger partial charge in [-0.15, -0.1) is 0 Å². The Hall–Kier alpha value is -1.26. The number of nitrogens with one attached hydrogen (secondary N) is 1. The van der Waals surface area contributed by atoms with Crippen LogP contribution in [-0.2, 0) is 4.84 Å². The number of phenols is 1. The van der Waals surface area contributed by atoms with Crippen LogP contribution in [0.25, 0.3) is 0 Å². The molecule has 84 valence electrons. The molecule has 0 radical (unpaired) electrons. The third-order valence-electron chi connectivity index (χ3n) is 1.94. The van der Waals surface area contributed by atoms with E-state index in [0.29, 0.717) is 12.3 Å². The molecule has 2 N–H and O–H groups in total. The van der Waals surface area contributed by atoms with Crippen LogP contribution < -0.4 is 5.48 Å². The summed E-state index contributed by atoms with van der Waals surface area (Å²) in [5.74, 6) is 0.199. The number of nitrogens with zero attached hydrogens (tertiary/aromatic N) is 1. The second kappa shape index (κ2) is 6.27. The molecule has 15 heavy (non-hydrogen) atoms. The lowest BCUT2D eigenvalue weighted by atomic mass is 10.3. The molecule has 0 unspecified atom stereocenters. The van der Waals surface area contributed by atoms with Crippen LogP contribution in [0.4, 0.5) is 5.69 Å². The zero-order valence-corrected chi connectivity index (χ0v) is 9.23. The largest absolute Gasteiger partial charge is 0.506 e. The molecule has 0 aromatic heterocycles. The summed E-state index contributed by atoms with van der Waals surface area (Å²) >= 11 is 0. The Kier molecular flexibility index (Phi) is 4.93. The number of aromatic hydroxyl groups is 1. The minimum Gasteiger partial charge on any atom is -0.506 e. The first-order valence-corrected chi connectivity index (χ1v) is 5.00. The van der Waals surface area contributed by atoms with Gasteiger partial charge in [0.15, 0.2) is 0 Å². The number of rotatable bonds is 6. The van der Waals surface area contributed by atoms with Gasteiger partial charge in [0.1, 0.15) is 11.4 Å². The van der Waals surface area contributed by atoms with Crippen molar-refractivity contribution in [1.82, 2.24) is 4.90 Å². The van der Waals surface area contributed by atoms with E-state index in [0.717, 1.165) is 13.0 Å². The molecule has 4 heteroatoms. The van der Waals surface area contributed by atoms with Crippen LogP contribution >= 0.6 is 0 Å². The van der Waals surface area contributed by atoms with E-state index in [1.54, 1.807) is 18.2 Å². The van der Waals surface area contributed by atoms with E-state index in [1.165, 1.54) is 0 Å². The van der Waals surface area contributed by atoms with E-state index >= 15 is 0 Å². The molecule has 0 aliphatic carbocycles. The molecule has 0 saturated carbocycles. The highest BCUT2D eigenvalue weighted by molar-refractivity contribution is 5.53. The average molecular weight is 210 g/mol. The summed E-state index contributed by atoms with van der Waals surface area (Å²) in [5.41, 5.74) is 3.32. The second-order valence-electron chi connectivity index (χ2n) is 3.62. The summed E-state index contributed by atoms with van der Waals surface area (Å²) in [6, 6.07) is 6.99. The fraction of sp³-hybridized carbons (Fsp3) is 0.455. The maximum atomic E-state index is 9.40. The van der Waals surface area contributed by atoms with Crippen LogP contribution in [-0.4, -0.2) is 37.3 Å². The van der Waals surface area contributed by atoms with Crippen molar-refractivity contribution in [3.8, 4) is 5.75 Å². The number of para-hydroxylation sites is 2. The summed E-state index contributed by atoms with van der Waals surface area (Å²) in [5, 5.41) is 9.40. The second-order valence-corrected chi connectivity index (χ2v) is 3.62. The van der Waals surface area contributed by atoms with Gasteiger partial charge in [0, 0.05) is 0 Å². The summed E-state index contributed by atoms with van der Waals surface area (Å²) in [7, 11) is 4.05. The molecule has 0 fully saturated rings. The molecule has 0 bridgehead atoms. The molecule has 0 heterocycles. The third kappa shape index (κ3) is 4.67. The van der Waals surface area contributed by atoms with Crippen molar-refractivity contribution in [3.63, 3.8) is 0 Å². The Balaban J connectivity index is 2.18. The Morgan fingerprint density at radius 3 is 2.73 bits per heavy atom. The van der Waals surface area contributed by atoms with E-state index < -0.39 is 0 Å². The van der Waals surface area contributed by atoms with Crippen molar-refractivity contribution >= 4 is 5.69 Å². The van der Waals surface area contributed by atoms with Crippen molar-refractivity contribution < 1.29 is 9.94 Å². The lowest BCUT2D eigenvalue weighted by Gasteiger charge is -2.10. The van der Waals surface area contributed by atoms with Crippen LogP contribution in [0.15, 0.2) is 24.3 Å². The summed E-state index contributed by atoms with van der Waals surface area (Å²) < 4.78 is 0. The molecule has 0 saturated heterocycles. The van der Waals surface area contributed by atoms with Crippen LogP contribution in [0.3, 0.4) is 0 Å². The van der Waals surface area contributed by atoms with Gasteiger partial charge >= 0.3 is 0 Å². The fourth-order valence-corrected chi connectivity index (χ4v) is 1.14. The van der Waals surface area contributed by atoms with E-state index in [-0.39, 0.29) is 5.75 Å². The maximum Gasteiger partial charge on any atom is 0.140 e. The first-order chi connectivity index (χ1) is 7.20. The van der Waals surface area contributed by atoms with Crippen LogP contribution in [0.2, 0.25) is 0 Å². The maximum absolute atomic E-state index is 9.40.